The Morgan fingerprint density at radius 2 is 0.689 bits per heavy atom. The molecule has 0 saturated carbocycles. The molecule has 16 nitrogen and oxygen atoms in total. The highest BCUT2D eigenvalue weighted by Gasteiger charge is 2.24. The predicted molar refractivity (Wildman–Crippen MR) is 234 cm³/mol. The summed E-state index contributed by atoms with van der Waals surface area (Å²) in [5.41, 5.74) is 0. The third-order valence-electron chi connectivity index (χ3n) is 10.2. The van der Waals surface area contributed by atoms with Crippen molar-refractivity contribution in [2.45, 2.75) is 166 Å². The fourth-order valence-electron chi connectivity index (χ4n) is 6.20. The van der Waals surface area contributed by atoms with E-state index in [2.05, 4.69) is 6.92 Å². The van der Waals surface area contributed by atoms with Crippen LogP contribution in [0.5, 0.6) is 0 Å². The molecular formula is C44H86O16S. The van der Waals surface area contributed by atoms with E-state index >= 15 is 0 Å². The van der Waals surface area contributed by atoms with Gasteiger partial charge >= 0.3 is 0 Å². The summed E-state index contributed by atoms with van der Waals surface area (Å²) < 4.78 is 34.3. The zero-order valence-corrected chi connectivity index (χ0v) is 38.2. The van der Waals surface area contributed by atoms with Gasteiger partial charge in [-0.15, -0.1) is 0 Å². The second kappa shape index (κ2) is 44.3. The maximum Gasteiger partial charge on any atom is 0.189 e. The molecule has 0 amide bonds. The fraction of sp³-hybridized carbons (Fsp3) is 0.955. The number of ether oxygens (including phenoxy) is 6. The molecule has 0 aromatic carbocycles. The summed E-state index contributed by atoms with van der Waals surface area (Å²) in [6, 6.07) is 0. The van der Waals surface area contributed by atoms with Crippen LogP contribution in [0.25, 0.3) is 0 Å². The predicted octanol–water partition coefficient (Wildman–Crippen LogP) is 3.11. The molecular weight excluding hydrogens is 817 g/mol. The molecule has 0 bridgehead atoms. The highest BCUT2D eigenvalue weighted by Crippen LogP contribution is 2.18. The lowest BCUT2D eigenvalue weighted by Gasteiger charge is -2.27. The van der Waals surface area contributed by atoms with E-state index in [-0.39, 0.29) is 69.8 Å². The van der Waals surface area contributed by atoms with Crippen molar-refractivity contribution >= 4 is 22.7 Å². The summed E-state index contributed by atoms with van der Waals surface area (Å²) in [5, 5.41) is 75.6. The number of aliphatic hydroxyl groups excluding tert-OH is 8. The van der Waals surface area contributed by atoms with Gasteiger partial charge in [0, 0.05) is 30.9 Å². The molecule has 0 rings (SSSR count). The molecule has 0 radical (unpaired) electrons. The molecule has 0 atom stereocenters. The van der Waals surface area contributed by atoms with Gasteiger partial charge in [-0.3, -0.25) is 9.59 Å². The highest BCUT2D eigenvalue weighted by molar-refractivity contribution is 8.13. The van der Waals surface area contributed by atoms with Crippen molar-refractivity contribution in [3.8, 4) is 0 Å². The Morgan fingerprint density at radius 1 is 0.393 bits per heavy atom. The van der Waals surface area contributed by atoms with Crippen LogP contribution in [0.1, 0.15) is 129 Å². The van der Waals surface area contributed by atoms with Crippen LogP contribution < -0.4 is 0 Å². The lowest BCUT2D eigenvalue weighted by molar-refractivity contribution is -0.139. The standard InChI is InChI=1S/C44H86O16S/c1-2-3-4-5-6-7-8-9-10-11-12-13-14-15-16-17-20-61-44(54)19-18-37(53)21-36(30-55-42(32-57-38(22-45)23-46)33-58-39(24-47)25-48)31-56-43(34-59-40(26-49)27-50)35-60-41(28-51)29-52/h36,38-43,45-52H,2-35H2,1H3. The lowest BCUT2D eigenvalue weighted by Crippen LogP contribution is -2.37. The van der Waals surface area contributed by atoms with Gasteiger partial charge in [-0.2, -0.15) is 0 Å². The van der Waals surface area contributed by atoms with Crippen molar-refractivity contribution in [2.75, 3.05) is 98.2 Å². The van der Waals surface area contributed by atoms with E-state index in [0.29, 0.717) is 5.75 Å². The molecule has 0 aliphatic carbocycles. The van der Waals surface area contributed by atoms with Crippen LogP contribution in [0, 0.1) is 5.92 Å². The number of Topliss-reactive ketones (excluding diaryl/α,β-unsaturated/α-hetero) is 1. The summed E-state index contributed by atoms with van der Waals surface area (Å²) in [7, 11) is 0. The fourth-order valence-corrected chi connectivity index (χ4v) is 7.02. The monoisotopic (exact) mass is 903 g/mol. The van der Waals surface area contributed by atoms with Gasteiger partial charge in [0.25, 0.3) is 0 Å². The minimum absolute atomic E-state index is 0.0271. The van der Waals surface area contributed by atoms with Crippen LogP contribution in [0.4, 0.5) is 0 Å². The first-order chi connectivity index (χ1) is 29.7. The van der Waals surface area contributed by atoms with E-state index in [1.807, 2.05) is 0 Å². The number of ketones is 1. The second-order valence-electron chi connectivity index (χ2n) is 15.8. The molecule has 61 heavy (non-hydrogen) atoms. The first-order valence-electron chi connectivity index (χ1n) is 23.0. The number of hydrogen-bond donors (Lipinski definition) is 8. The normalized spacial score (nSPS) is 12.3. The van der Waals surface area contributed by atoms with Crippen molar-refractivity contribution < 1.29 is 78.9 Å². The Labute approximate surface area is 370 Å². The largest absolute Gasteiger partial charge is 0.394 e. The van der Waals surface area contributed by atoms with Crippen molar-refractivity contribution in [3.63, 3.8) is 0 Å². The summed E-state index contributed by atoms with van der Waals surface area (Å²) >= 11 is 1.26. The Morgan fingerprint density at radius 3 is 1.00 bits per heavy atom. The van der Waals surface area contributed by atoms with Crippen LogP contribution in [-0.4, -0.2) is 187 Å². The summed E-state index contributed by atoms with van der Waals surface area (Å²) in [5.74, 6) is -0.0560. The zero-order chi connectivity index (χ0) is 45.2. The minimum atomic E-state index is -0.887. The maximum atomic E-state index is 13.3. The van der Waals surface area contributed by atoms with Crippen LogP contribution in [0.3, 0.4) is 0 Å². The number of hydrogen-bond acceptors (Lipinski definition) is 17. The maximum absolute atomic E-state index is 13.3. The van der Waals surface area contributed by atoms with Crippen molar-refractivity contribution in [2.24, 2.45) is 5.92 Å². The smallest absolute Gasteiger partial charge is 0.189 e. The molecule has 0 aromatic rings. The van der Waals surface area contributed by atoms with Gasteiger partial charge in [-0.05, 0) is 6.42 Å². The van der Waals surface area contributed by atoms with Gasteiger partial charge in [0.15, 0.2) is 5.12 Å². The first-order valence-corrected chi connectivity index (χ1v) is 24.0. The van der Waals surface area contributed by atoms with Gasteiger partial charge in [0.2, 0.25) is 0 Å². The minimum Gasteiger partial charge on any atom is -0.394 e. The topological polar surface area (TPSA) is 251 Å². The molecule has 0 aliphatic rings. The van der Waals surface area contributed by atoms with E-state index in [0.717, 1.165) is 19.3 Å². The molecule has 0 fully saturated rings. The van der Waals surface area contributed by atoms with Gasteiger partial charge in [0.1, 0.15) is 42.4 Å². The summed E-state index contributed by atoms with van der Waals surface area (Å²) in [4.78, 5) is 26.0. The lowest BCUT2D eigenvalue weighted by atomic mass is 10.0. The number of unbranched alkanes of at least 4 members (excludes halogenated alkanes) is 15. The Bertz CT molecular complexity index is 881. The summed E-state index contributed by atoms with van der Waals surface area (Å²) in [6.45, 7) is -2.05. The number of aliphatic hydroxyl groups is 8. The first kappa shape index (κ1) is 60.1. The number of carbonyl (C=O) groups is 2. The van der Waals surface area contributed by atoms with Crippen molar-refractivity contribution in [1.82, 2.24) is 0 Å². The molecule has 364 valence electrons. The van der Waals surface area contributed by atoms with Crippen LogP contribution in [0.15, 0.2) is 0 Å². The average molecular weight is 903 g/mol. The molecule has 0 unspecified atom stereocenters. The van der Waals surface area contributed by atoms with E-state index in [9.17, 15) is 50.4 Å². The molecule has 0 aromatic heterocycles. The van der Waals surface area contributed by atoms with Gasteiger partial charge in [-0.25, -0.2) is 0 Å². The number of rotatable bonds is 48. The van der Waals surface area contributed by atoms with Gasteiger partial charge in [0.05, 0.1) is 92.5 Å². The molecule has 0 heterocycles. The van der Waals surface area contributed by atoms with Crippen LogP contribution in [-0.2, 0) is 38.0 Å². The Hall–Kier alpha value is -0.870. The molecule has 8 N–H and O–H groups in total. The quantitative estimate of drug-likeness (QED) is 0.0409. The van der Waals surface area contributed by atoms with E-state index in [1.165, 1.54) is 95.2 Å². The third-order valence-corrected chi connectivity index (χ3v) is 11.2. The highest BCUT2D eigenvalue weighted by atomic mass is 32.2. The van der Waals surface area contributed by atoms with E-state index < -0.39 is 95.4 Å². The number of thioether (sulfide) groups is 1. The summed E-state index contributed by atoms with van der Waals surface area (Å²) in [6.07, 6.45) is 15.4. The SMILES string of the molecule is CCCCCCCCCCCCCCCCCCSC(=O)CCC(=O)CC(COC(COC(CO)CO)COC(CO)CO)COC(COC(CO)CO)COC(CO)CO. The van der Waals surface area contributed by atoms with Crippen LogP contribution in [0.2, 0.25) is 0 Å². The van der Waals surface area contributed by atoms with Crippen LogP contribution >= 0.6 is 11.8 Å². The zero-order valence-electron chi connectivity index (χ0n) is 37.3. The van der Waals surface area contributed by atoms with Crippen molar-refractivity contribution in [3.05, 3.63) is 0 Å². The van der Waals surface area contributed by atoms with Gasteiger partial charge in [-0.1, -0.05) is 115 Å². The second-order valence-corrected chi connectivity index (χ2v) is 17.0. The molecule has 0 aliphatic heterocycles. The van der Waals surface area contributed by atoms with Gasteiger partial charge < -0.3 is 69.3 Å². The Kier molecular flexibility index (Phi) is 43.7. The average Bonchev–Trinajstić information content (AvgIpc) is 3.27. The van der Waals surface area contributed by atoms with E-state index in [1.54, 1.807) is 0 Å². The molecule has 0 saturated heterocycles. The van der Waals surface area contributed by atoms with E-state index in [4.69, 9.17) is 28.4 Å². The van der Waals surface area contributed by atoms with Crippen molar-refractivity contribution in [1.29, 1.82) is 0 Å². The Balaban J connectivity index is 5.11. The number of carbonyl (C=O) groups excluding carboxylic acids is 2. The molecule has 17 heteroatoms. The molecule has 0 spiro atoms. The third kappa shape index (κ3) is 36.1.